The molecule has 2 nitrogen and oxygen atoms in total. The zero-order chi connectivity index (χ0) is 16.9. The summed E-state index contributed by atoms with van der Waals surface area (Å²) < 4.78 is 43.8. The van der Waals surface area contributed by atoms with Gasteiger partial charge >= 0.3 is 12.1 Å². The molecule has 0 amide bonds. The Morgan fingerprint density at radius 2 is 1.67 bits per heavy atom. The number of hydrogen-bond donors (Lipinski definition) is 0. The van der Waals surface area contributed by atoms with Crippen molar-refractivity contribution in [2.24, 2.45) is 23.2 Å². The van der Waals surface area contributed by atoms with E-state index in [-0.39, 0.29) is 11.0 Å². The lowest BCUT2D eigenvalue weighted by molar-refractivity contribution is -0.137. The minimum atomic E-state index is -4.45. The number of halogens is 3. The first-order valence-corrected chi connectivity index (χ1v) is 8.67. The van der Waals surface area contributed by atoms with Crippen LogP contribution in [0.2, 0.25) is 0 Å². The monoisotopic (exact) mass is 338 g/mol. The van der Waals surface area contributed by atoms with Crippen LogP contribution in [-0.4, -0.2) is 12.6 Å². The second-order valence-electron chi connectivity index (χ2n) is 8.07. The van der Waals surface area contributed by atoms with Gasteiger partial charge in [0.25, 0.3) is 0 Å². The summed E-state index contributed by atoms with van der Waals surface area (Å²) in [5.74, 6) is 1.62. The number of esters is 1. The number of ether oxygens (including phenoxy) is 1. The lowest BCUT2D eigenvalue weighted by atomic mass is 9.50. The van der Waals surface area contributed by atoms with Gasteiger partial charge in [0.2, 0.25) is 0 Å². The van der Waals surface area contributed by atoms with Gasteiger partial charge in [-0.1, -0.05) is 6.07 Å². The maximum absolute atomic E-state index is 12.8. The van der Waals surface area contributed by atoms with Crippen molar-refractivity contribution < 1.29 is 22.7 Å². The lowest BCUT2D eigenvalue weighted by Crippen LogP contribution is -2.48. The standard InChI is InChI=1S/C19H21F3O2/c20-19(21,22)16-3-1-2-15(7-16)17(23)24-11-18-8-12-4-13(9-18)6-14(5-12)10-18/h1-3,7,12-14H,4-6,8-11H2. The average Bonchev–Trinajstić information content (AvgIpc) is 2.51. The molecule has 0 radical (unpaired) electrons. The highest BCUT2D eigenvalue weighted by Gasteiger charge is 2.51. The van der Waals surface area contributed by atoms with Crippen LogP contribution in [0.5, 0.6) is 0 Å². The molecule has 4 bridgehead atoms. The summed E-state index contributed by atoms with van der Waals surface area (Å²) in [6.07, 6.45) is 2.79. The van der Waals surface area contributed by atoms with Crippen LogP contribution in [0.4, 0.5) is 13.2 Å². The fourth-order valence-electron chi connectivity index (χ4n) is 5.59. The normalized spacial score (nSPS) is 34.4. The highest BCUT2D eigenvalue weighted by atomic mass is 19.4. The molecule has 0 unspecified atom stereocenters. The Morgan fingerprint density at radius 3 is 2.21 bits per heavy atom. The van der Waals surface area contributed by atoms with E-state index in [1.807, 2.05) is 0 Å². The second-order valence-corrected chi connectivity index (χ2v) is 8.07. The van der Waals surface area contributed by atoms with Crippen molar-refractivity contribution >= 4 is 5.97 Å². The number of rotatable bonds is 3. The minimum absolute atomic E-state index is 0.0189. The Morgan fingerprint density at radius 1 is 1.08 bits per heavy atom. The molecule has 24 heavy (non-hydrogen) atoms. The Kier molecular flexibility index (Phi) is 3.66. The number of carbonyl (C=O) groups is 1. The SMILES string of the molecule is O=C(OCC12CC3CC(CC(C3)C1)C2)c1cccc(C(F)(F)F)c1. The molecule has 1 aromatic rings. The van der Waals surface area contributed by atoms with Gasteiger partial charge in [-0.3, -0.25) is 0 Å². The lowest BCUT2D eigenvalue weighted by Gasteiger charge is -2.56. The third kappa shape index (κ3) is 2.93. The fourth-order valence-corrected chi connectivity index (χ4v) is 5.59. The molecule has 0 heterocycles. The van der Waals surface area contributed by atoms with Gasteiger partial charge in [-0.05, 0) is 74.5 Å². The van der Waals surface area contributed by atoms with E-state index in [1.54, 1.807) is 0 Å². The minimum Gasteiger partial charge on any atom is -0.462 e. The van der Waals surface area contributed by atoms with E-state index in [1.165, 1.54) is 31.4 Å². The zero-order valence-electron chi connectivity index (χ0n) is 13.4. The van der Waals surface area contributed by atoms with Gasteiger partial charge < -0.3 is 4.74 Å². The molecule has 0 aliphatic heterocycles. The molecule has 5 heteroatoms. The van der Waals surface area contributed by atoms with Crippen molar-refractivity contribution in [1.82, 2.24) is 0 Å². The molecule has 1 aromatic carbocycles. The quantitative estimate of drug-likeness (QED) is 0.719. The van der Waals surface area contributed by atoms with E-state index in [4.69, 9.17) is 4.74 Å². The summed E-state index contributed by atoms with van der Waals surface area (Å²) in [5.41, 5.74) is -0.757. The van der Waals surface area contributed by atoms with Crippen molar-refractivity contribution in [2.75, 3.05) is 6.61 Å². The molecule has 0 N–H and O–H groups in total. The van der Waals surface area contributed by atoms with E-state index in [9.17, 15) is 18.0 Å². The predicted octanol–water partition coefficient (Wildman–Crippen LogP) is 5.08. The van der Waals surface area contributed by atoms with Gasteiger partial charge in [-0.25, -0.2) is 4.79 Å². The molecule has 0 spiro atoms. The van der Waals surface area contributed by atoms with Crippen LogP contribution in [0.25, 0.3) is 0 Å². The number of hydrogen-bond acceptors (Lipinski definition) is 2. The van der Waals surface area contributed by atoms with Crippen LogP contribution in [-0.2, 0) is 10.9 Å². The van der Waals surface area contributed by atoms with Crippen LogP contribution >= 0.6 is 0 Å². The van der Waals surface area contributed by atoms with E-state index in [0.29, 0.717) is 6.61 Å². The summed E-state index contributed by atoms with van der Waals surface area (Å²) in [4.78, 5) is 12.2. The van der Waals surface area contributed by atoms with Crippen molar-refractivity contribution in [2.45, 2.75) is 44.7 Å². The number of alkyl halides is 3. The van der Waals surface area contributed by atoms with E-state index >= 15 is 0 Å². The van der Waals surface area contributed by atoms with Crippen LogP contribution < -0.4 is 0 Å². The van der Waals surface area contributed by atoms with Gasteiger partial charge in [-0.15, -0.1) is 0 Å². The Bertz CT molecular complexity index is 615. The van der Waals surface area contributed by atoms with E-state index < -0.39 is 17.7 Å². The van der Waals surface area contributed by atoms with Crippen LogP contribution in [0, 0.1) is 23.2 Å². The van der Waals surface area contributed by atoms with Crippen LogP contribution in [0.1, 0.15) is 54.4 Å². The summed E-state index contributed by atoms with van der Waals surface area (Å²) in [6, 6.07) is 4.49. The summed E-state index contributed by atoms with van der Waals surface area (Å²) >= 11 is 0. The Labute approximate surface area is 139 Å². The molecule has 4 saturated carbocycles. The molecule has 4 fully saturated rings. The van der Waals surface area contributed by atoms with Gasteiger partial charge in [0.1, 0.15) is 0 Å². The molecule has 4 aliphatic carbocycles. The van der Waals surface area contributed by atoms with E-state index in [2.05, 4.69) is 0 Å². The van der Waals surface area contributed by atoms with Gasteiger partial charge in [0.15, 0.2) is 0 Å². The zero-order valence-corrected chi connectivity index (χ0v) is 13.4. The summed E-state index contributed by atoms with van der Waals surface area (Å²) in [5, 5.41) is 0. The molecular formula is C19H21F3O2. The van der Waals surface area contributed by atoms with Crippen LogP contribution in [0.3, 0.4) is 0 Å². The second kappa shape index (κ2) is 5.50. The molecular weight excluding hydrogens is 317 g/mol. The molecule has 5 rings (SSSR count). The number of carbonyl (C=O) groups excluding carboxylic acids is 1. The van der Waals surface area contributed by atoms with Crippen molar-refractivity contribution in [1.29, 1.82) is 0 Å². The highest BCUT2D eigenvalue weighted by Crippen LogP contribution is 2.60. The topological polar surface area (TPSA) is 26.3 Å². The van der Waals surface area contributed by atoms with Crippen LogP contribution in [0.15, 0.2) is 24.3 Å². The maximum atomic E-state index is 12.8. The first kappa shape index (κ1) is 16.0. The largest absolute Gasteiger partial charge is 0.462 e. The Balaban J connectivity index is 1.44. The molecule has 0 aromatic heterocycles. The summed E-state index contributed by atoms with van der Waals surface area (Å²) in [6.45, 7) is 0.353. The molecule has 4 aliphatic rings. The van der Waals surface area contributed by atoms with Crippen molar-refractivity contribution in [3.63, 3.8) is 0 Å². The van der Waals surface area contributed by atoms with E-state index in [0.717, 1.165) is 49.1 Å². The van der Waals surface area contributed by atoms with Crippen molar-refractivity contribution in [3.8, 4) is 0 Å². The first-order chi connectivity index (χ1) is 11.3. The molecule has 130 valence electrons. The first-order valence-electron chi connectivity index (χ1n) is 8.67. The van der Waals surface area contributed by atoms with Gasteiger partial charge in [0, 0.05) is 5.41 Å². The average molecular weight is 338 g/mol. The van der Waals surface area contributed by atoms with Gasteiger partial charge in [0.05, 0.1) is 17.7 Å². The molecule has 0 saturated heterocycles. The van der Waals surface area contributed by atoms with Crippen molar-refractivity contribution in [3.05, 3.63) is 35.4 Å². The maximum Gasteiger partial charge on any atom is 0.416 e. The third-order valence-corrected chi connectivity index (χ3v) is 6.10. The third-order valence-electron chi connectivity index (χ3n) is 6.10. The fraction of sp³-hybridized carbons (Fsp3) is 0.632. The van der Waals surface area contributed by atoms with Gasteiger partial charge in [-0.2, -0.15) is 13.2 Å². The molecule has 0 atom stereocenters. The smallest absolute Gasteiger partial charge is 0.416 e. The number of benzene rings is 1. The predicted molar refractivity (Wildman–Crippen MR) is 82.3 cm³/mol. The summed E-state index contributed by atoms with van der Waals surface area (Å²) in [7, 11) is 0. The highest BCUT2D eigenvalue weighted by molar-refractivity contribution is 5.89. The Hall–Kier alpha value is -1.52.